The summed E-state index contributed by atoms with van der Waals surface area (Å²) in [6, 6.07) is 12.4. The maximum Gasteiger partial charge on any atom is 0.272 e. The Morgan fingerprint density at radius 3 is 2.64 bits per heavy atom. The van der Waals surface area contributed by atoms with Gasteiger partial charge in [-0.05, 0) is 30.3 Å². The second-order valence-corrected chi connectivity index (χ2v) is 6.88. The number of ether oxygens (including phenoxy) is 1. The molecule has 1 aliphatic rings. The van der Waals surface area contributed by atoms with Gasteiger partial charge in [0.25, 0.3) is 5.91 Å². The van der Waals surface area contributed by atoms with E-state index in [0.717, 1.165) is 0 Å². The Morgan fingerprint density at radius 2 is 1.93 bits per heavy atom. The van der Waals surface area contributed by atoms with Gasteiger partial charge in [-0.25, -0.2) is 0 Å². The molecule has 2 heterocycles. The van der Waals surface area contributed by atoms with Crippen molar-refractivity contribution in [2.45, 2.75) is 0 Å². The smallest absolute Gasteiger partial charge is 0.272 e. The Morgan fingerprint density at radius 1 is 1.11 bits per heavy atom. The number of aromatic nitrogens is 1. The first-order chi connectivity index (χ1) is 13.6. The summed E-state index contributed by atoms with van der Waals surface area (Å²) >= 11 is 5.90. The average molecular weight is 403 g/mol. The van der Waals surface area contributed by atoms with Crippen LogP contribution in [0.3, 0.4) is 0 Å². The number of benzene rings is 1. The molecule has 7 nitrogen and oxygen atoms in total. The fourth-order valence-electron chi connectivity index (χ4n) is 2.94. The monoisotopic (exact) mass is 402 g/mol. The third-order valence-corrected chi connectivity index (χ3v) is 4.63. The standard InChI is InChI=1S/C20H23ClN4O3/c21-16-4-3-5-17(14-16)28-13-8-23-19(26)15-24-9-11-25(12-10-24)20(27)18-6-1-2-7-22-18/h1-7,14H,8-13,15H2,(H,23,26). The molecule has 3 rings (SSSR count). The van der Waals surface area contributed by atoms with Crippen LogP contribution in [0.2, 0.25) is 5.02 Å². The molecule has 1 saturated heterocycles. The normalized spacial score (nSPS) is 14.5. The zero-order valence-corrected chi connectivity index (χ0v) is 16.3. The van der Waals surface area contributed by atoms with Crippen molar-refractivity contribution in [2.24, 2.45) is 0 Å². The molecule has 0 atom stereocenters. The van der Waals surface area contributed by atoms with Gasteiger partial charge < -0.3 is 15.0 Å². The van der Waals surface area contributed by atoms with E-state index in [-0.39, 0.29) is 11.8 Å². The van der Waals surface area contributed by atoms with Crippen LogP contribution in [-0.4, -0.2) is 72.5 Å². The van der Waals surface area contributed by atoms with Crippen LogP contribution in [-0.2, 0) is 4.79 Å². The molecule has 8 heteroatoms. The van der Waals surface area contributed by atoms with Crippen molar-refractivity contribution < 1.29 is 14.3 Å². The van der Waals surface area contributed by atoms with Gasteiger partial charge in [0.2, 0.25) is 5.91 Å². The quantitative estimate of drug-likeness (QED) is 0.713. The molecule has 28 heavy (non-hydrogen) atoms. The van der Waals surface area contributed by atoms with Crippen molar-refractivity contribution in [3.8, 4) is 5.75 Å². The number of hydrogen-bond acceptors (Lipinski definition) is 5. The number of hydrogen-bond donors (Lipinski definition) is 1. The van der Waals surface area contributed by atoms with Crippen molar-refractivity contribution in [2.75, 3.05) is 45.9 Å². The third-order valence-electron chi connectivity index (χ3n) is 4.40. The van der Waals surface area contributed by atoms with E-state index >= 15 is 0 Å². The summed E-state index contributed by atoms with van der Waals surface area (Å²) in [5, 5.41) is 3.46. The molecule has 0 aliphatic carbocycles. The molecule has 2 aromatic rings. The van der Waals surface area contributed by atoms with Gasteiger partial charge in [-0.3, -0.25) is 19.5 Å². The molecule has 2 amide bonds. The van der Waals surface area contributed by atoms with E-state index in [1.54, 1.807) is 41.4 Å². The predicted octanol–water partition coefficient (Wildman–Crippen LogP) is 1.69. The van der Waals surface area contributed by atoms with E-state index < -0.39 is 0 Å². The Balaban J connectivity index is 1.33. The molecule has 1 N–H and O–H groups in total. The summed E-state index contributed by atoms with van der Waals surface area (Å²) in [6.07, 6.45) is 1.62. The summed E-state index contributed by atoms with van der Waals surface area (Å²) in [5.74, 6) is 0.553. The number of pyridine rings is 1. The Hall–Kier alpha value is -2.64. The average Bonchev–Trinajstić information content (AvgIpc) is 2.72. The lowest BCUT2D eigenvalue weighted by Gasteiger charge is -2.34. The van der Waals surface area contributed by atoms with E-state index in [2.05, 4.69) is 10.3 Å². The highest BCUT2D eigenvalue weighted by Crippen LogP contribution is 2.16. The van der Waals surface area contributed by atoms with Crippen LogP contribution in [0.5, 0.6) is 5.75 Å². The Labute approximate surface area is 169 Å². The summed E-state index contributed by atoms with van der Waals surface area (Å²) in [7, 11) is 0. The molecule has 0 saturated carbocycles. The SMILES string of the molecule is O=C(CN1CCN(C(=O)c2ccccn2)CC1)NCCOc1cccc(Cl)c1. The van der Waals surface area contributed by atoms with Crippen LogP contribution in [0.15, 0.2) is 48.7 Å². The Kier molecular flexibility index (Phi) is 7.22. The molecule has 0 spiro atoms. The van der Waals surface area contributed by atoms with Crippen molar-refractivity contribution in [1.29, 1.82) is 0 Å². The first kappa shape index (κ1) is 20.1. The van der Waals surface area contributed by atoms with Gasteiger partial charge >= 0.3 is 0 Å². The van der Waals surface area contributed by atoms with E-state index in [1.807, 2.05) is 17.0 Å². The van der Waals surface area contributed by atoms with Gasteiger partial charge in [0.15, 0.2) is 0 Å². The maximum absolute atomic E-state index is 12.4. The van der Waals surface area contributed by atoms with Crippen LogP contribution >= 0.6 is 11.6 Å². The van der Waals surface area contributed by atoms with Crippen molar-refractivity contribution in [3.05, 3.63) is 59.4 Å². The second kappa shape index (κ2) is 10.1. The lowest BCUT2D eigenvalue weighted by Crippen LogP contribution is -2.51. The summed E-state index contributed by atoms with van der Waals surface area (Å²) < 4.78 is 5.55. The van der Waals surface area contributed by atoms with E-state index in [0.29, 0.717) is 62.3 Å². The lowest BCUT2D eigenvalue weighted by atomic mass is 10.2. The molecule has 0 radical (unpaired) electrons. The van der Waals surface area contributed by atoms with Gasteiger partial charge in [-0.2, -0.15) is 0 Å². The van der Waals surface area contributed by atoms with Crippen molar-refractivity contribution >= 4 is 23.4 Å². The molecule has 1 aromatic carbocycles. The number of carbonyl (C=O) groups excluding carboxylic acids is 2. The zero-order valence-electron chi connectivity index (χ0n) is 15.5. The molecule has 1 aromatic heterocycles. The first-order valence-electron chi connectivity index (χ1n) is 9.19. The van der Waals surface area contributed by atoms with E-state index in [9.17, 15) is 9.59 Å². The summed E-state index contributed by atoms with van der Waals surface area (Å²) in [4.78, 5) is 32.4. The van der Waals surface area contributed by atoms with Gasteiger partial charge in [0.05, 0.1) is 13.1 Å². The fraction of sp³-hybridized carbons (Fsp3) is 0.350. The second-order valence-electron chi connectivity index (χ2n) is 6.44. The minimum atomic E-state index is -0.0668. The predicted molar refractivity (Wildman–Crippen MR) is 107 cm³/mol. The highest BCUT2D eigenvalue weighted by atomic mass is 35.5. The van der Waals surface area contributed by atoms with Crippen LogP contribution in [0.4, 0.5) is 0 Å². The molecular formula is C20H23ClN4O3. The van der Waals surface area contributed by atoms with Crippen molar-refractivity contribution in [3.63, 3.8) is 0 Å². The van der Waals surface area contributed by atoms with Gasteiger partial charge in [-0.15, -0.1) is 0 Å². The third kappa shape index (κ3) is 5.94. The van der Waals surface area contributed by atoms with Crippen LogP contribution < -0.4 is 10.1 Å². The highest BCUT2D eigenvalue weighted by Gasteiger charge is 2.23. The largest absolute Gasteiger partial charge is 0.492 e. The van der Waals surface area contributed by atoms with Crippen molar-refractivity contribution in [1.82, 2.24) is 20.1 Å². The first-order valence-corrected chi connectivity index (χ1v) is 9.57. The Bertz CT molecular complexity index is 795. The number of nitrogens with one attached hydrogen (secondary N) is 1. The summed E-state index contributed by atoms with van der Waals surface area (Å²) in [5.41, 5.74) is 0.452. The van der Waals surface area contributed by atoms with E-state index in [1.165, 1.54) is 0 Å². The maximum atomic E-state index is 12.4. The number of halogens is 1. The molecule has 1 fully saturated rings. The minimum absolute atomic E-state index is 0.0563. The number of carbonyl (C=O) groups is 2. The topological polar surface area (TPSA) is 74.8 Å². The molecule has 0 unspecified atom stereocenters. The molecule has 0 bridgehead atoms. The minimum Gasteiger partial charge on any atom is -0.492 e. The highest BCUT2D eigenvalue weighted by molar-refractivity contribution is 6.30. The fourth-order valence-corrected chi connectivity index (χ4v) is 3.12. The van der Waals surface area contributed by atoms with Crippen LogP contribution in [0, 0.1) is 0 Å². The van der Waals surface area contributed by atoms with Gasteiger partial charge in [0.1, 0.15) is 18.1 Å². The molecule has 1 aliphatic heterocycles. The number of nitrogens with zero attached hydrogens (tertiary/aromatic N) is 3. The number of amides is 2. The number of piperazine rings is 1. The zero-order chi connectivity index (χ0) is 19.8. The molecular weight excluding hydrogens is 380 g/mol. The van der Waals surface area contributed by atoms with Gasteiger partial charge in [0, 0.05) is 37.4 Å². The number of rotatable bonds is 7. The molecule has 148 valence electrons. The van der Waals surface area contributed by atoms with Gasteiger partial charge in [-0.1, -0.05) is 23.7 Å². The lowest BCUT2D eigenvalue weighted by molar-refractivity contribution is -0.122. The summed E-state index contributed by atoms with van der Waals surface area (Å²) in [6.45, 7) is 3.59. The van der Waals surface area contributed by atoms with Crippen LogP contribution in [0.25, 0.3) is 0 Å². The van der Waals surface area contributed by atoms with Crippen LogP contribution in [0.1, 0.15) is 10.5 Å². The van der Waals surface area contributed by atoms with E-state index in [4.69, 9.17) is 16.3 Å².